The lowest BCUT2D eigenvalue weighted by molar-refractivity contribution is -0.130. The highest BCUT2D eigenvalue weighted by Gasteiger charge is 2.26. The average Bonchev–Trinajstić information content (AvgIpc) is 3.29. The Morgan fingerprint density at radius 3 is 2.50 bits per heavy atom. The first-order chi connectivity index (χ1) is 19.6. The molecule has 214 valence electrons. The van der Waals surface area contributed by atoms with Crippen LogP contribution in [0.2, 0.25) is 0 Å². The third-order valence-electron chi connectivity index (χ3n) is 8.31. The molecule has 2 aliphatic heterocycles. The van der Waals surface area contributed by atoms with Gasteiger partial charge in [-0.2, -0.15) is 0 Å². The fourth-order valence-corrected chi connectivity index (χ4v) is 6.14. The Morgan fingerprint density at radius 2 is 1.70 bits per heavy atom. The molecule has 0 aromatic heterocycles. The molecule has 0 bridgehead atoms. The van der Waals surface area contributed by atoms with Gasteiger partial charge in [0.05, 0.1) is 34.4 Å². The molecule has 1 atom stereocenters. The van der Waals surface area contributed by atoms with E-state index in [9.17, 15) is 4.79 Å². The van der Waals surface area contributed by atoms with Crippen molar-refractivity contribution in [2.24, 2.45) is 5.92 Å². The van der Waals surface area contributed by atoms with Crippen LogP contribution in [0.1, 0.15) is 36.8 Å². The number of benzene rings is 3. The van der Waals surface area contributed by atoms with Gasteiger partial charge in [-0.3, -0.25) is 4.79 Å². The molecule has 5 rings (SSSR count). The van der Waals surface area contributed by atoms with Gasteiger partial charge in [0, 0.05) is 31.6 Å². The maximum Gasteiger partial charge on any atom is 0.227 e. The normalized spacial score (nSPS) is 18.1. The van der Waals surface area contributed by atoms with Gasteiger partial charge in [-0.15, -0.1) is 0 Å². The van der Waals surface area contributed by atoms with Crippen LogP contribution in [-0.4, -0.2) is 76.4 Å². The molecule has 0 aliphatic carbocycles. The van der Waals surface area contributed by atoms with Gasteiger partial charge in [0.1, 0.15) is 11.5 Å². The zero-order valence-electron chi connectivity index (χ0n) is 24.1. The summed E-state index contributed by atoms with van der Waals surface area (Å²) in [6, 6.07) is 16.3. The van der Waals surface area contributed by atoms with E-state index in [1.807, 2.05) is 36.4 Å². The van der Waals surface area contributed by atoms with Gasteiger partial charge in [-0.25, -0.2) is 0 Å². The van der Waals surface area contributed by atoms with Gasteiger partial charge in [0.2, 0.25) is 5.91 Å². The number of methoxy groups -OCH3 is 3. The standard InChI is InChI=1S/C33H42N2O5/c1-37-28-11-12-29-26(18-28)9-6-10-30(29)40-17-7-15-34-14-5-4-8-24(22-34)23-35-16-13-25-19-31(38-2)32(39-3)20-27(25)21-33(35)36/h6,9-12,18-20,24H,4-5,7-8,13-17,21-23H2,1-3H3. The van der Waals surface area contributed by atoms with Crippen molar-refractivity contribution in [1.29, 1.82) is 0 Å². The Bertz CT molecular complexity index is 1310. The summed E-state index contributed by atoms with van der Waals surface area (Å²) in [4.78, 5) is 17.9. The molecular formula is C33H42N2O5. The van der Waals surface area contributed by atoms with Gasteiger partial charge in [-0.1, -0.05) is 18.6 Å². The molecule has 3 aromatic carbocycles. The number of hydrogen-bond donors (Lipinski definition) is 0. The minimum absolute atomic E-state index is 0.211. The molecule has 3 aromatic rings. The fraction of sp³-hybridized carbons (Fsp3) is 0.485. The van der Waals surface area contributed by atoms with E-state index in [4.69, 9.17) is 18.9 Å². The SMILES string of the molecule is COc1ccc2c(OCCCN3CCCCC(CN4CCc5cc(OC)c(OC)cc5CC4=O)C3)cccc2c1. The van der Waals surface area contributed by atoms with E-state index in [0.717, 1.165) is 79.1 Å². The van der Waals surface area contributed by atoms with E-state index in [1.54, 1.807) is 21.3 Å². The summed E-state index contributed by atoms with van der Waals surface area (Å²) in [5.74, 6) is 3.89. The van der Waals surface area contributed by atoms with Gasteiger partial charge in [0.25, 0.3) is 0 Å². The first-order valence-corrected chi connectivity index (χ1v) is 14.5. The van der Waals surface area contributed by atoms with Gasteiger partial charge >= 0.3 is 0 Å². The zero-order valence-corrected chi connectivity index (χ0v) is 24.1. The van der Waals surface area contributed by atoms with Crippen LogP contribution in [0.25, 0.3) is 10.8 Å². The predicted octanol–water partition coefficient (Wildman–Crippen LogP) is 5.36. The quantitative estimate of drug-likeness (QED) is 0.319. The Hall–Kier alpha value is -3.45. The maximum absolute atomic E-state index is 13.3. The molecular weight excluding hydrogens is 504 g/mol. The van der Waals surface area contributed by atoms with Crippen LogP contribution in [0.4, 0.5) is 0 Å². The average molecular weight is 547 g/mol. The van der Waals surface area contributed by atoms with Crippen molar-refractivity contribution >= 4 is 16.7 Å². The lowest BCUT2D eigenvalue weighted by Crippen LogP contribution is -2.40. The van der Waals surface area contributed by atoms with Gasteiger partial charge < -0.3 is 28.7 Å². The molecule has 7 nitrogen and oxygen atoms in total. The number of nitrogens with zero attached hydrogens (tertiary/aromatic N) is 2. The van der Waals surface area contributed by atoms with Crippen molar-refractivity contribution in [3.8, 4) is 23.0 Å². The minimum atomic E-state index is 0.211. The van der Waals surface area contributed by atoms with Crippen molar-refractivity contribution < 1.29 is 23.7 Å². The van der Waals surface area contributed by atoms with Crippen LogP contribution in [0.3, 0.4) is 0 Å². The van der Waals surface area contributed by atoms with Crippen molar-refractivity contribution in [2.45, 2.75) is 38.5 Å². The van der Waals surface area contributed by atoms with Gasteiger partial charge in [-0.05, 0) is 91.1 Å². The molecule has 40 heavy (non-hydrogen) atoms. The van der Waals surface area contributed by atoms with E-state index >= 15 is 0 Å². The zero-order chi connectivity index (χ0) is 27.9. The number of rotatable bonds is 10. The molecule has 1 fully saturated rings. The van der Waals surface area contributed by atoms with E-state index in [-0.39, 0.29) is 5.91 Å². The van der Waals surface area contributed by atoms with Crippen LogP contribution in [0.5, 0.6) is 23.0 Å². The van der Waals surface area contributed by atoms with E-state index in [2.05, 4.69) is 21.9 Å². The van der Waals surface area contributed by atoms with Crippen molar-refractivity contribution in [1.82, 2.24) is 9.80 Å². The summed E-state index contributed by atoms with van der Waals surface area (Å²) in [5, 5.41) is 2.23. The fourth-order valence-electron chi connectivity index (χ4n) is 6.14. The summed E-state index contributed by atoms with van der Waals surface area (Å²) in [7, 11) is 4.99. The summed E-state index contributed by atoms with van der Waals surface area (Å²) >= 11 is 0. The summed E-state index contributed by atoms with van der Waals surface area (Å²) in [5.41, 5.74) is 2.24. The Morgan fingerprint density at radius 1 is 0.875 bits per heavy atom. The topological polar surface area (TPSA) is 60.5 Å². The van der Waals surface area contributed by atoms with E-state index in [0.29, 0.717) is 24.7 Å². The highest BCUT2D eigenvalue weighted by atomic mass is 16.5. The second-order valence-corrected chi connectivity index (χ2v) is 11.0. The number of fused-ring (bicyclic) bond motifs is 2. The number of carbonyl (C=O) groups excluding carboxylic acids is 1. The number of ether oxygens (including phenoxy) is 4. The number of amides is 1. The Balaban J connectivity index is 1.13. The number of likely N-dealkylation sites (tertiary alicyclic amines) is 1. The monoisotopic (exact) mass is 546 g/mol. The summed E-state index contributed by atoms with van der Waals surface area (Å²) in [6.45, 7) is 5.42. The number of carbonyl (C=O) groups is 1. The van der Waals surface area contributed by atoms with Crippen molar-refractivity contribution in [3.05, 3.63) is 59.7 Å². The highest BCUT2D eigenvalue weighted by molar-refractivity contribution is 5.89. The highest BCUT2D eigenvalue weighted by Crippen LogP contribution is 2.33. The molecule has 0 spiro atoms. The molecule has 2 heterocycles. The Labute approximate surface area is 237 Å². The van der Waals surface area contributed by atoms with Gasteiger partial charge in [0.15, 0.2) is 11.5 Å². The Kier molecular flexibility index (Phi) is 9.32. The predicted molar refractivity (Wildman–Crippen MR) is 158 cm³/mol. The molecule has 1 saturated heterocycles. The molecule has 0 saturated carbocycles. The van der Waals surface area contributed by atoms with Crippen LogP contribution in [0, 0.1) is 5.92 Å². The van der Waals surface area contributed by atoms with E-state index in [1.165, 1.54) is 24.8 Å². The molecule has 1 unspecified atom stereocenters. The lowest BCUT2D eigenvalue weighted by Gasteiger charge is -2.29. The lowest BCUT2D eigenvalue weighted by atomic mass is 10.0. The van der Waals surface area contributed by atoms with Crippen LogP contribution >= 0.6 is 0 Å². The third-order valence-corrected chi connectivity index (χ3v) is 8.31. The van der Waals surface area contributed by atoms with Crippen LogP contribution in [-0.2, 0) is 17.6 Å². The second-order valence-electron chi connectivity index (χ2n) is 11.0. The van der Waals surface area contributed by atoms with Crippen molar-refractivity contribution in [2.75, 3.05) is 60.7 Å². The molecule has 1 amide bonds. The van der Waals surface area contributed by atoms with Crippen LogP contribution in [0.15, 0.2) is 48.5 Å². The summed E-state index contributed by atoms with van der Waals surface area (Å²) < 4.78 is 22.5. The van der Waals surface area contributed by atoms with E-state index < -0.39 is 0 Å². The van der Waals surface area contributed by atoms with Crippen LogP contribution < -0.4 is 18.9 Å². The third kappa shape index (κ3) is 6.64. The molecule has 0 N–H and O–H groups in total. The molecule has 2 aliphatic rings. The minimum Gasteiger partial charge on any atom is -0.497 e. The molecule has 7 heteroatoms. The largest absolute Gasteiger partial charge is 0.497 e. The second kappa shape index (κ2) is 13.3. The number of hydrogen-bond acceptors (Lipinski definition) is 6. The first-order valence-electron chi connectivity index (χ1n) is 14.5. The summed E-state index contributed by atoms with van der Waals surface area (Å²) in [6.07, 6.45) is 5.83. The van der Waals surface area contributed by atoms with Crippen molar-refractivity contribution in [3.63, 3.8) is 0 Å². The maximum atomic E-state index is 13.3. The first kappa shape index (κ1) is 28.1. The smallest absolute Gasteiger partial charge is 0.227 e. The molecule has 0 radical (unpaired) electrons.